The number of rotatable bonds is 4. The molecule has 1 aromatic rings. The van der Waals surface area contributed by atoms with Crippen molar-refractivity contribution in [3.63, 3.8) is 0 Å². The summed E-state index contributed by atoms with van der Waals surface area (Å²) >= 11 is 2.65. The molecule has 0 spiro atoms. The Bertz CT molecular complexity index is 703. The van der Waals surface area contributed by atoms with Crippen molar-refractivity contribution in [1.29, 1.82) is 0 Å². The first-order valence-corrected chi connectivity index (χ1v) is 8.43. The van der Waals surface area contributed by atoms with E-state index in [0.29, 0.717) is 16.6 Å². The van der Waals surface area contributed by atoms with Crippen molar-refractivity contribution in [2.75, 3.05) is 11.5 Å². The van der Waals surface area contributed by atoms with Crippen LogP contribution in [0.15, 0.2) is 17.3 Å². The maximum absolute atomic E-state index is 12.1. The lowest BCUT2D eigenvalue weighted by Crippen LogP contribution is -2.70. The molecule has 4 N–H and O–H groups in total. The number of carbonyl (C=O) groups is 3. The van der Waals surface area contributed by atoms with E-state index in [1.165, 1.54) is 34.1 Å². The average molecular weight is 356 g/mol. The highest BCUT2D eigenvalue weighted by Gasteiger charge is 2.52. The number of β-lactam (4-membered cyclic amide) rings is 1. The number of nitrogen functional groups attached to an aromatic ring is 1. The first-order chi connectivity index (χ1) is 11.0. The maximum Gasteiger partial charge on any atom is 0.512 e. The van der Waals surface area contributed by atoms with Crippen LogP contribution in [-0.4, -0.2) is 50.1 Å². The summed E-state index contributed by atoms with van der Waals surface area (Å²) in [4.78, 5) is 40.0. The fourth-order valence-electron chi connectivity index (χ4n) is 2.29. The van der Waals surface area contributed by atoms with Crippen LogP contribution in [0.5, 0.6) is 0 Å². The fraction of sp³-hybridized carbons (Fsp3) is 0.333. The normalized spacial score (nSPS) is 22.7. The van der Waals surface area contributed by atoms with Gasteiger partial charge in [0.05, 0.1) is 12.1 Å². The fourth-order valence-corrected chi connectivity index (χ4v) is 4.02. The van der Waals surface area contributed by atoms with Crippen molar-refractivity contribution in [3.8, 4) is 0 Å². The molecule has 0 saturated carbocycles. The summed E-state index contributed by atoms with van der Waals surface area (Å²) in [6.45, 7) is 0. The van der Waals surface area contributed by atoms with E-state index in [1.54, 1.807) is 5.38 Å². The second kappa shape index (κ2) is 6.08. The largest absolute Gasteiger partial charge is 0.512 e. The first kappa shape index (κ1) is 15.6. The van der Waals surface area contributed by atoms with Gasteiger partial charge in [-0.15, -0.1) is 23.1 Å². The number of thioether (sulfide) groups is 1. The van der Waals surface area contributed by atoms with Crippen LogP contribution < -0.4 is 11.1 Å². The zero-order valence-electron chi connectivity index (χ0n) is 11.6. The lowest BCUT2D eigenvalue weighted by Gasteiger charge is -2.47. The molecule has 3 rings (SSSR count). The van der Waals surface area contributed by atoms with Crippen LogP contribution in [0.3, 0.4) is 0 Å². The van der Waals surface area contributed by atoms with Crippen LogP contribution in [-0.2, 0) is 20.7 Å². The molecule has 2 aliphatic rings. The molecule has 1 saturated heterocycles. The number of hydrogen-bond donors (Lipinski definition) is 3. The van der Waals surface area contributed by atoms with Gasteiger partial charge >= 0.3 is 6.16 Å². The number of nitrogens with one attached hydrogen (secondary N) is 1. The van der Waals surface area contributed by atoms with Gasteiger partial charge in [0.15, 0.2) is 5.13 Å². The molecule has 0 aliphatic carbocycles. The molecule has 9 nitrogen and oxygen atoms in total. The van der Waals surface area contributed by atoms with Gasteiger partial charge in [-0.3, -0.25) is 14.5 Å². The number of carbonyl (C=O) groups excluding carboxylic acids is 2. The van der Waals surface area contributed by atoms with Crippen molar-refractivity contribution in [2.24, 2.45) is 0 Å². The van der Waals surface area contributed by atoms with E-state index in [9.17, 15) is 14.4 Å². The lowest BCUT2D eigenvalue weighted by atomic mass is 10.1. The summed E-state index contributed by atoms with van der Waals surface area (Å²) in [6, 6.07) is -0.704. The third-order valence-electron chi connectivity index (χ3n) is 3.23. The maximum atomic E-state index is 12.1. The van der Waals surface area contributed by atoms with E-state index < -0.39 is 18.1 Å². The van der Waals surface area contributed by atoms with Crippen molar-refractivity contribution >= 4 is 46.2 Å². The van der Waals surface area contributed by atoms with Crippen molar-refractivity contribution < 1.29 is 24.2 Å². The predicted octanol–water partition coefficient (Wildman–Crippen LogP) is 0.204. The van der Waals surface area contributed by atoms with Gasteiger partial charge in [-0.05, 0) is 6.08 Å². The summed E-state index contributed by atoms with van der Waals surface area (Å²) in [6.07, 6.45) is 0.0650. The standard InChI is InChI=1S/C12H12N4O5S2/c13-11-14-5(4-23-11)3-6(17)15-8-9(18)16-7(21-12(19)20)1-2-22-10(8)16/h1,4,8,10H,2-3H2,(H2,13,14)(H,15,17)(H,19,20)/t8-,10+/m1/s1. The van der Waals surface area contributed by atoms with Gasteiger partial charge in [-0.2, -0.15) is 0 Å². The minimum absolute atomic E-state index is 0.0102. The van der Waals surface area contributed by atoms with Crippen molar-refractivity contribution in [1.82, 2.24) is 15.2 Å². The summed E-state index contributed by atoms with van der Waals surface area (Å²) in [7, 11) is 0. The van der Waals surface area contributed by atoms with E-state index in [-0.39, 0.29) is 23.6 Å². The van der Waals surface area contributed by atoms with E-state index in [1.807, 2.05) is 0 Å². The number of nitrogens with two attached hydrogens (primary N) is 1. The number of fused-ring (bicyclic) bond motifs is 1. The highest BCUT2D eigenvalue weighted by molar-refractivity contribution is 8.00. The molecule has 0 aromatic carbocycles. The highest BCUT2D eigenvalue weighted by atomic mass is 32.2. The SMILES string of the molecule is Nc1nc(CC(=O)N[C@@H]2C(=O)N3C(OC(=O)O)=CCS[C@@H]23)cs1. The number of nitrogens with zero attached hydrogens (tertiary/aromatic N) is 2. The number of aromatic nitrogens is 1. The zero-order chi connectivity index (χ0) is 16.6. The Labute approximate surface area is 138 Å². The smallest absolute Gasteiger partial charge is 0.449 e. The Kier molecular flexibility index (Phi) is 4.13. The van der Waals surface area contributed by atoms with Crippen LogP contribution in [0.25, 0.3) is 0 Å². The Balaban J connectivity index is 1.60. The highest BCUT2D eigenvalue weighted by Crippen LogP contribution is 2.37. The number of amides is 2. The van der Waals surface area contributed by atoms with Gasteiger partial charge in [0.2, 0.25) is 11.8 Å². The summed E-state index contributed by atoms with van der Waals surface area (Å²) in [5.74, 6) is -0.263. The van der Waals surface area contributed by atoms with Crippen LogP contribution in [0, 0.1) is 0 Å². The van der Waals surface area contributed by atoms with Crippen LogP contribution in [0.2, 0.25) is 0 Å². The molecule has 1 fully saturated rings. The summed E-state index contributed by atoms with van der Waals surface area (Å²) < 4.78 is 4.58. The molecule has 2 amide bonds. The van der Waals surface area contributed by atoms with Crippen molar-refractivity contribution in [3.05, 3.63) is 23.0 Å². The van der Waals surface area contributed by atoms with Crippen LogP contribution in [0.4, 0.5) is 9.93 Å². The molecule has 3 heterocycles. The molecule has 0 radical (unpaired) electrons. The molecule has 0 unspecified atom stereocenters. The molecule has 2 atom stereocenters. The molecular weight excluding hydrogens is 344 g/mol. The monoisotopic (exact) mass is 356 g/mol. The van der Waals surface area contributed by atoms with E-state index in [0.717, 1.165) is 0 Å². The van der Waals surface area contributed by atoms with Gasteiger partial charge in [0, 0.05) is 11.1 Å². The lowest BCUT2D eigenvalue weighted by molar-refractivity contribution is -0.148. The second-order valence-electron chi connectivity index (χ2n) is 4.74. The van der Waals surface area contributed by atoms with Crippen LogP contribution in [0.1, 0.15) is 5.69 Å². The van der Waals surface area contributed by atoms with E-state index in [4.69, 9.17) is 10.8 Å². The second-order valence-corrected chi connectivity index (χ2v) is 6.78. The Morgan fingerprint density at radius 3 is 3.00 bits per heavy atom. The van der Waals surface area contributed by atoms with Gasteiger partial charge < -0.3 is 20.9 Å². The van der Waals surface area contributed by atoms with E-state index in [2.05, 4.69) is 15.0 Å². The minimum Gasteiger partial charge on any atom is -0.449 e. The number of ether oxygens (including phenoxy) is 1. The molecule has 122 valence electrons. The minimum atomic E-state index is -1.48. The third kappa shape index (κ3) is 3.10. The number of hydrogen-bond acceptors (Lipinski definition) is 8. The Morgan fingerprint density at radius 1 is 1.57 bits per heavy atom. The summed E-state index contributed by atoms with van der Waals surface area (Å²) in [5, 5.41) is 13.0. The number of carboxylic acid groups (broad SMARTS) is 1. The van der Waals surface area contributed by atoms with Gasteiger partial charge in [0.25, 0.3) is 5.91 Å². The molecule has 11 heteroatoms. The summed E-state index contributed by atoms with van der Waals surface area (Å²) in [5.41, 5.74) is 6.04. The number of thiazole rings is 1. The van der Waals surface area contributed by atoms with Crippen LogP contribution >= 0.6 is 23.1 Å². The van der Waals surface area contributed by atoms with Gasteiger partial charge in [-0.1, -0.05) is 0 Å². The first-order valence-electron chi connectivity index (χ1n) is 6.50. The predicted molar refractivity (Wildman–Crippen MR) is 82.4 cm³/mol. The molecule has 23 heavy (non-hydrogen) atoms. The Hall–Kier alpha value is -2.27. The molecular formula is C12H12N4O5S2. The third-order valence-corrected chi connectivity index (χ3v) is 5.13. The Morgan fingerprint density at radius 2 is 2.35 bits per heavy atom. The zero-order valence-corrected chi connectivity index (χ0v) is 13.2. The molecule has 1 aromatic heterocycles. The average Bonchev–Trinajstić information content (AvgIpc) is 2.88. The van der Waals surface area contributed by atoms with Crippen molar-refractivity contribution in [2.45, 2.75) is 17.8 Å². The van der Waals surface area contributed by atoms with E-state index >= 15 is 0 Å². The molecule has 0 bridgehead atoms. The number of anilines is 1. The molecule has 2 aliphatic heterocycles. The van der Waals surface area contributed by atoms with Gasteiger partial charge in [0.1, 0.15) is 11.4 Å². The van der Waals surface area contributed by atoms with Gasteiger partial charge in [-0.25, -0.2) is 9.78 Å². The quantitative estimate of drug-likeness (QED) is 0.514. The topological polar surface area (TPSA) is 135 Å².